The van der Waals surface area contributed by atoms with Crippen molar-refractivity contribution in [2.75, 3.05) is 5.32 Å². The van der Waals surface area contributed by atoms with Gasteiger partial charge in [-0.25, -0.2) is 0 Å². The number of quaternary nitrogens is 1. The highest BCUT2D eigenvalue weighted by atomic mass is 16.2. The highest BCUT2D eigenvalue weighted by Crippen LogP contribution is 2.18. The van der Waals surface area contributed by atoms with Crippen LogP contribution in [0.3, 0.4) is 0 Å². The van der Waals surface area contributed by atoms with E-state index in [1.165, 1.54) is 6.92 Å². The van der Waals surface area contributed by atoms with Gasteiger partial charge in [-0.15, -0.1) is 0 Å². The van der Waals surface area contributed by atoms with Crippen LogP contribution in [0.1, 0.15) is 41.4 Å². The van der Waals surface area contributed by atoms with Gasteiger partial charge in [0, 0.05) is 22.4 Å². The fourth-order valence-electron chi connectivity index (χ4n) is 3.16. The number of rotatable bonds is 7. The Hall–Kier alpha value is -3.24. The Labute approximate surface area is 165 Å². The van der Waals surface area contributed by atoms with Gasteiger partial charge in [0.05, 0.1) is 0 Å². The average molecular weight is 373 g/mol. The number of amides is 1. The summed E-state index contributed by atoms with van der Waals surface area (Å²) in [6.45, 7) is 3.43. The van der Waals surface area contributed by atoms with Crippen molar-refractivity contribution < 1.29 is 14.9 Å². The Kier molecular flexibility index (Phi) is 6.35. The van der Waals surface area contributed by atoms with Crippen molar-refractivity contribution in [2.24, 2.45) is 0 Å². The van der Waals surface area contributed by atoms with Crippen LogP contribution in [0.4, 0.5) is 5.69 Å². The molecule has 1 amide bonds. The van der Waals surface area contributed by atoms with Crippen LogP contribution in [0.5, 0.6) is 0 Å². The van der Waals surface area contributed by atoms with Gasteiger partial charge in [-0.2, -0.15) is 0 Å². The first kappa shape index (κ1) is 19.5. The fraction of sp³-hybridized carbons (Fsp3) is 0.167. The van der Waals surface area contributed by atoms with Crippen LogP contribution in [0.2, 0.25) is 0 Å². The molecule has 4 heteroatoms. The molecule has 0 aliphatic carbocycles. The molecule has 1 atom stereocenters. The lowest BCUT2D eigenvalue weighted by atomic mass is 9.98. The number of nitrogens with two attached hydrogens (primary N) is 1. The van der Waals surface area contributed by atoms with Crippen LogP contribution in [-0.4, -0.2) is 17.7 Å². The summed E-state index contributed by atoms with van der Waals surface area (Å²) in [6.07, 6.45) is 0. The standard InChI is InChI=1S/C24H24N2O2/c1-17(24(28)26-22-15-13-19(14-16-22)18(2)27)25-23(20-9-5-3-6-10-20)21-11-7-4-8-12-21/h3-17,23,25H,1-2H3,(H,26,28)/p+1/t17-/m1/s1. The van der Waals surface area contributed by atoms with Gasteiger partial charge >= 0.3 is 0 Å². The summed E-state index contributed by atoms with van der Waals surface area (Å²) in [7, 11) is 0. The summed E-state index contributed by atoms with van der Waals surface area (Å²) in [5, 5.41) is 5.01. The third-order valence-electron chi connectivity index (χ3n) is 4.77. The normalized spacial score (nSPS) is 11.8. The first-order valence-electron chi connectivity index (χ1n) is 9.41. The van der Waals surface area contributed by atoms with E-state index < -0.39 is 0 Å². The number of carbonyl (C=O) groups excluding carboxylic acids is 2. The molecule has 28 heavy (non-hydrogen) atoms. The van der Waals surface area contributed by atoms with E-state index in [1.54, 1.807) is 24.3 Å². The van der Waals surface area contributed by atoms with E-state index in [0.717, 1.165) is 11.1 Å². The van der Waals surface area contributed by atoms with Crippen LogP contribution in [-0.2, 0) is 4.79 Å². The molecule has 0 aromatic heterocycles. The fourth-order valence-corrected chi connectivity index (χ4v) is 3.16. The molecule has 4 nitrogen and oxygen atoms in total. The van der Waals surface area contributed by atoms with Gasteiger partial charge in [0.1, 0.15) is 6.04 Å². The maximum atomic E-state index is 12.7. The number of hydrogen-bond acceptors (Lipinski definition) is 2. The molecule has 3 aromatic carbocycles. The predicted octanol–water partition coefficient (Wildman–Crippen LogP) is 3.57. The van der Waals surface area contributed by atoms with Gasteiger partial charge < -0.3 is 10.6 Å². The molecule has 0 aliphatic rings. The number of ketones is 1. The van der Waals surface area contributed by atoms with Crippen molar-refractivity contribution in [1.29, 1.82) is 0 Å². The zero-order chi connectivity index (χ0) is 19.9. The Morgan fingerprint density at radius 2 is 1.29 bits per heavy atom. The number of carbonyl (C=O) groups is 2. The van der Waals surface area contributed by atoms with Gasteiger partial charge in [-0.05, 0) is 38.1 Å². The molecular formula is C24H25N2O2+. The summed E-state index contributed by atoms with van der Waals surface area (Å²) in [4.78, 5) is 24.1. The van der Waals surface area contributed by atoms with Crippen LogP contribution in [0.25, 0.3) is 0 Å². The topological polar surface area (TPSA) is 62.8 Å². The second kappa shape index (κ2) is 9.11. The lowest BCUT2D eigenvalue weighted by Gasteiger charge is -2.20. The molecule has 0 saturated carbocycles. The molecule has 0 saturated heterocycles. The van der Waals surface area contributed by atoms with Crippen molar-refractivity contribution >= 4 is 17.4 Å². The van der Waals surface area contributed by atoms with E-state index in [9.17, 15) is 9.59 Å². The maximum absolute atomic E-state index is 12.7. The minimum absolute atomic E-state index is 0.00754. The molecule has 142 valence electrons. The maximum Gasteiger partial charge on any atom is 0.282 e. The number of hydrogen-bond donors (Lipinski definition) is 2. The monoisotopic (exact) mass is 373 g/mol. The summed E-state index contributed by atoms with van der Waals surface area (Å²) in [6, 6.07) is 27.1. The van der Waals surface area contributed by atoms with E-state index in [4.69, 9.17) is 0 Å². The molecule has 0 aliphatic heterocycles. The second-order valence-electron chi connectivity index (χ2n) is 6.90. The minimum atomic E-state index is -0.294. The van der Waals surface area contributed by atoms with Gasteiger partial charge in [0.25, 0.3) is 5.91 Å². The Balaban J connectivity index is 1.73. The van der Waals surface area contributed by atoms with Crippen molar-refractivity contribution in [1.82, 2.24) is 0 Å². The zero-order valence-electron chi connectivity index (χ0n) is 16.1. The molecule has 0 spiro atoms. The number of Topliss-reactive ketones (excluding diaryl/α,β-unsaturated/α-hetero) is 1. The van der Waals surface area contributed by atoms with Gasteiger partial charge in [0.15, 0.2) is 11.8 Å². The molecule has 3 aromatic rings. The van der Waals surface area contributed by atoms with Gasteiger partial charge in [-0.3, -0.25) is 9.59 Å². The smallest absolute Gasteiger partial charge is 0.282 e. The van der Waals surface area contributed by atoms with E-state index in [-0.39, 0.29) is 23.8 Å². The molecule has 0 heterocycles. The molecule has 0 fully saturated rings. The predicted molar refractivity (Wildman–Crippen MR) is 111 cm³/mol. The van der Waals surface area contributed by atoms with E-state index >= 15 is 0 Å². The Bertz CT molecular complexity index is 882. The molecule has 0 radical (unpaired) electrons. The van der Waals surface area contributed by atoms with Crippen molar-refractivity contribution in [3.05, 3.63) is 102 Å². The van der Waals surface area contributed by atoms with E-state index in [1.807, 2.05) is 43.3 Å². The highest BCUT2D eigenvalue weighted by Gasteiger charge is 2.24. The van der Waals surface area contributed by atoms with Crippen LogP contribution < -0.4 is 10.6 Å². The molecule has 3 N–H and O–H groups in total. The molecular weight excluding hydrogens is 348 g/mol. The largest absolute Gasteiger partial charge is 0.326 e. The van der Waals surface area contributed by atoms with Crippen LogP contribution in [0, 0.1) is 0 Å². The first-order valence-corrected chi connectivity index (χ1v) is 9.41. The molecule has 0 unspecified atom stereocenters. The van der Waals surface area contributed by atoms with Crippen LogP contribution >= 0.6 is 0 Å². The number of anilines is 1. The second-order valence-corrected chi connectivity index (χ2v) is 6.90. The summed E-state index contributed by atoms with van der Waals surface area (Å²) >= 11 is 0. The Morgan fingerprint density at radius 3 is 1.75 bits per heavy atom. The number of benzene rings is 3. The Morgan fingerprint density at radius 1 is 0.786 bits per heavy atom. The van der Waals surface area contributed by atoms with E-state index in [2.05, 4.69) is 34.9 Å². The summed E-state index contributed by atoms with van der Waals surface area (Å²) in [5.41, 5.74) is 3.62. The SMILES string of the molecule is CC(=O)c1ccc(NC(=O)[C@@H](C)[NH2+]C(c2ccccc2)c2ccccc2)cc1. The molecule has 3 rings (SSSR count). The highest BCUT2D eigenvalue weighted by molar-refractivity contribution is 5.96. The minimum Gasteiger partial charge on any atom is -0.326 e. The summed E-state index contributed by atoms with van der Waals surface area (Å²) in [5.74, 6) is -0.0689. The van der Waals surface area contributed by atoms with Gasteiger partial charge in [-0.1, -0.05) is 60.7 Å². The van der Waals surface area contributed by atoms with Crippen molar-refractivity contribution in [3.8, 4) is 0 Å². The first-order chi connectivity index (χ1) is 13.5. The van der Waals surface area contributed by atoms with E-state index in [0.29, 0.717) is 11.3 Å². The zero-order valence-corrected chi connectivity index (χ0v) is 16.1. The third-order valence-corrected chi connectivity index (χ3v) is 4.77. The average Bonchev–Trinajstić information content (AvgIpc) is 2.73. The lowest BCUT2D eigenvalue weighted by molar-refractivity contribution is -0.704. The van der Waals surface area contributed by atoms with Crippen LogP contribution in [0.15, 0.2) is 84.9 Å². The molecule has 0 bridgehead atoms. The van der Waals surface area contributed by atoms with Crippen molar-refractivity contribution in [2.45, 2.75) is 25.9 Å². The quantitative estimate of drug-likeness (QED) is 0.622. The van der Waals surface area contributed by atoms with Crippen molar-refractivity contribution in [3.63, 3.8) is 0 Å². The van der Waals surface area contributed by atoms with Gasteiger partial charge in [0.2, 0.25) is 0 Å². The summed E-state index contributed by atoms with van der Waals surface area (Å²) < 4.78 is 0. The third kappa shape index (κ3) is 4.93. The number of nitrogens with one attached hydrogen (secondary N) is 1. The lowest BCUT2D eigenvalue weighted by Crippen LogP contribution is -2.92.